The smallest absolute Gasteiger partial charge is 0.335 e. The van der Waals surface area contributed by atoms with Gasteiger partial charge in [-0.3, -0.25) is 14.4 Å². The van der Waals surface area contributed by atoms with Crippen LogP contribution >= 0.6 is 0 Å². The van der Waals surface area contributed by atoms with Crippen molar-refractivity contribution in [3.63, 3.8) is 0 Å². The summed E-state index contributed by atoms with van der Waals surface area (Å²) in [6, 6.07) is 0. The van der Waals surface area contributed by atoms with Gasteiger partial charge in [0, 0.05) is 19.3 Å². The highest BCUT2D eigenvalue weighted by Crippen LogP contribution is 2.26. The lowest BCUT2D eigenvalue weighted by atomic mass is 9.98. The molecule has 1 aliphatic rings. The summed E-state index contributed by atoms with van der Waals surface area (Å²) >= 11 is 0. The molecule has 0 aromatic carbocycles. The molecule has 0 aliphatic carbocycles. The number of carboxylic acid groups (broad SMARTS) is 1. The second-order valence-electron chi connectivity index (χ2n) is 19.6. The molecule has 12 heteroatoms. The topological polar surface area (TPSA) is 175 Å². The first-order chi connectivity index (χ1) is 34.6. The van der Waals surface area contributed by atoms with Gasteiger partial charge >= 0.3 is 23.9 Å². The molecule has 1 fully saturated rings. The Bertz CT molecular complexity index is 1420. The number of carbonyl (C=O) groups excluding carboxylic acids is 3. The number of carbonyl (C=O) groups is 4. The molecule has 0 saturated carbocycles. The van der Waals surface area contributed by atoms with Crippen LogP contribution in [0.4, 0.5) is 0 Å². The molecule has 0 aromatic rings. The molecule has 71 heavy (non-hydrogen) atoms. The number of aliphatic hydroxyl groups is 2. The molecule has 0 amide bonds. The predicted octanol–water partition coefficient (Wildman–Crippen LogP) is 14.2. The highest BCUT2D eigenvalue weighted by Gasteiger charge is 2.50. The van der Waals surface area contributed by atoms with Gasteiger partial charge in [0.15, 0.2) is 24.6 Å². The molecular formula is C59H102O12. The number of ether oxygens (including phenoxy) is 5. The maximum absolute atomic E-state index is 13.1. The van der Waals surface area contributed by atoms with E-state index in [9.17, 15) is 34.5 Å². The minimum Gasteiger partial charge on any atom is -0.479 e. The third-order valence-corrected chi connectivity index (χ3v) is 12.8. The Balaban J connectivity index is 2.69. The van der Waals surface area contributed by atoms with Crippen LogP contribution in [0.15, 0.2) is 48.6 Å². The van der Waals surface area contributed by atoms with Crippen molar-refractivity contribution in [3.05, 3.63) is 48.6 Å². The molecule has 6 atom stereocenters. The highest BCUT2D eigenvalue weighted by atomic mass is 16.7. The summed E-state index contributed by atoms with van der Waals surface area (Å²) in [6.07, 6.45) is 43.7. The fourth-order valence-electron chi connectivity index (χ4n) is 8.38. The molecule has 1 heterocycles. The van der Waals surface area contributed by atoms with E-state index in [-0.39, 0.29) is 25.9 Å². The zero-order valence-electron chi connectivity index (χ0n) is 45.0. The fraction of sp³-hybridized carbons (Fsp3) is 0.797. The van der Waals surface area contributed by atoms with Crippen molar-refractivity contribution in [1.82, 2.24) is 0 Å². The SMILES string of the molecule is CCC/C=C\C/C=C\CCCCCCCC(=O)OCC(COC1OC(C(=O)O)C(O)C(O)C1OC(=O)CCCCCCCCC/C=C\CCCCCCCC)OC(=O)CCCCCCC/C=C\CCCC. The van der Waals surface area contributed by atoms with E-state index < -0.39 is 67.3 Å². The Morgan fingerprint density at radius 1 is 0.465 bits per heavy atom. The van der Waals surface area contributed by atoms with E-state index >= 15 is 0 Å². The lowest BCUT2D eigenvalue weighted by molar-refractivity contribution is -0.301. The van der Waals surface area contributed by atoms with E-state index in [2.05, 4.69) is 69.4 Å². The van der Waals surface area contributed by atoms with Crippen molar-refractivity contribution < 1.29 is 58.2 Å². The van der Waals surface area contributed by atoms with Gasteiger partial charge in [0.05, 0.1) is 6.61 Å². The van der Waals surface area contributed by atoms with E-state index in [1.807, 2.05) is 0 Å². The third kappa shape index (κ3) is 38.0. The summed E-state index contributed by atoms with van der Waals surface area (Å²) < 4.78 is 28.3. The standard InChI is InChI=1S/C59H102O12/c1-4-7-10-13-16-19-22-24-25-26-27-29-32-35-38-41-44-47-53(62)70-57-55(64)54(63)56(58(65)66)71-59(57)68-49-50(69-52(61)46-43-40-37-34-30-21-18-15-12-9-6-3)48-67-51(60)45-42-39-36-33-31-28-23-20-17-14-11-8-5-2/h11,14-15,18,20,23-25,50,54-57,59,63-64H,4-10,12-13,16-17,19,21-22,26-49H2,1-3H3,(H,65,66)/b14-11-,18-15-,23-20-,25-24-. The van der Waals surface area contributed by atoms with Crippen LogP contribution < -0.4 is 0 Å². The van der Waals surface area contributed by atoms with E-state index in [4.69, 9.17) is 23.7 Å². The van der Waals surface area contributed by atoms with E-state index in [0.29, 0.717) is 19.3 Å². The van der Waals surface area contributed by atoms with Crippen LogP contribution in [0, 0.1) is 0 Å². The normalized spacial score (nSPS) is 18.8. The molecule has 410 valence electrons. The molecule has 3 N–H and O–H groups in total. The molecule has 12 nitrogen and oxygen atoms in total. The number of aliphatic carboxylic acids is 1. The van der Waals surface area contributed by atoms with Crippen LogP contribution in [-0.4, -0.2) is 89.2 Å². The Morgan fingerprint density at radius 2 is 0.887 bits per heavy atom. The molecule has 1 rings (SSSR count). The van der Waals surface area contributed by atoms with Gasteiger partial charge in [0.1, 0.15) is 18.8 Å². The Kier molecular flexibility index (Phi) is 44.1. The van der Waals surface area contributed by atoms with Crippen molar-refractivity contribution in [2.45, 2.75) is 289 Å². The quantitative estimate of drug-likeness (QED) is 0.0228. The predicted molar refractivity (Wildman–Crippen MR) is 285 cm³/mol. The molecule has 0 spiro atoms. The first-order valence-corrected chi connectivity index (χ1v) is 28.6. The van der Waals surface area contributed by atoms with Gasteiger partial charge in [-0.05, 0) is 89.9 Å². The monoisotopic (exact) mass is 1000 g/mol. The number of allylic oxidation sites excluding steroid dienone is 8. The van der Waals surface area contributed by atoms with Crippen molar-refractivity contribution in [2.24, 2.45) is 0 Å². The van der Waals surface area contributed by atoms with Crippen LogP contribution in [0.1, 0.15) is 252 Å². The van der Waals surface area contributed by atoms with Crippen LogP contribution in [0.25, 0.3) is 0 Å². The summed E-state index contributed by atoms with van der Waals surface area (Å²) in [7, 11) is 0. The summed E-state index contributed by atoms with van der Waals surface area (Å²) in [5.74, 6) is -3.15. The zero-order valence-corrected chi connectivity index (χ0v) is 45.0. The summed E-state index contributed by atoms with van der Waals surface area (Å²) in [5, 5.41) is 31.4. The van der Waals surface area contributed by atoms with Gasteiger partial charge in [0.2, 0.25) is 0 Å². The average molecular weight is 1000 g/mol. The van der Waals surface area contributed by atoms with E-state index in [0.717, 1.165) is 122 Å². The zero-order chi connectivity index (χ0) is 51.8. The number of esters is 3. The lowest BCUT2D eigenvalue weighted by Gasteiger charge is -2.40. The fourth-order valence-corrected chi connectivity index (χ4v) is 8.38. The van der Waals surface area contributed by atoms with Crippen molar-refractivity contribution in [3.8, 4) is 0 Å². The molecule has 6 unspecified atom stereocenters. The average Bonchev–Trinajstić information content (AvgIpc) is 3.35. The second kappa shape index (κ2) is 47.7. The Labute approximate surface area is 431 Å². The largest absolute Gasteiger partial charge is 0.479 e. The number of aliphatic hydroxyl groups excluding tert-OH is 2. The van der Waals surface area contributed by atoms with Crippen molar-refractivity contribution in [1.29, 1.82) is 0 Å². The molecule has 1 saturated heterocycles. The first kappa shape index (κ1) is 65.7. The maximum atomic E-state index is 13.1. The number of hydrogen-bond acceptors (Lipinski definition) is 11. The number of unbranched alkanes of at least 4 members (excludes halogenated alkanes) is 26. The minimum absolute atomic E-state index is 0.0542. The van der Waals surface area contributed by atoms with E-state index in [1.54, 1.807) is 0 Å². The van der Waals surface area contributed by atoms with Crippen LogP contribution in [0.3, 0.4) is 0 Å². The molecular weight excluding hydrogens is 901 g/mol. The molecule has 0 radical (unpaired) electrons. The summed E-state index contributed by atoms with van der Waals surface area (Å²) in [5.41, 5.74) is 0. The highest BCUT2D eigenvalue weighted by molar-refractivity contribution is 5.74. The van der Waals surface area contributed by atoms with Gasteiger partial charge in [-0.2, -0.15) is 0 Å². The van der Waals surface area contributed by atoms with Crippen LogP contribution in [0.2, 0.25) is 0 Å². The van der Waals surface area contributed by atoms with Gasteiger partial charge < -0.3 is 39.0 Å². The lowest BCUT2D eigenvalue weighted by Crippen LogP contribution is -2.61. The van der Waals surface area contributed by atoms with Crippen LogP contribution in [-0.2, 0) is 42.9 Å². The van der Waals surface area contributed by atoms with Crippen molar-refractivity contribution >= 4 is 23.9 Å². The van der Waals surface area contributed by atoms with E-state index in [1.165, 1.54) is 70.6 Å². The third-order valence-electron chi connectivity index (χ3n) is 12.8. The number of rotatable bonds is 48. The first-order valence-electron chi connectivity index (χ1n) is 28.6. The Hall–Kier alpha value is -3.32. The second-order valence-corrected chi connectivity index (χ2v) is 19.6. The molecule has 1 aliphatic heterocycles. The van der Waals surface area contributed by atoms with Gasteiger partial charge in [-0.15, -0.1) is 0 Å². The van der Waals surface area contributed by atoms with Gasteiger partial charge in [-0.1, -0.05) is 191 Å². The Morgan fingerprint density at radius 3 is 1.38 bits per heavy atom. The van der Waals surface area contributed by atoms with Crippen LogP contribution in [0.5, 0.6) is 0 Å². The van der Waals surface area contributed by atoms with Crippen molar-refractivity contribution in [2.75, 3.05) is 13.2 Å². The number of hydrogen-bond donors (Lipinski definition) is 3. The summed E-state index contributed by atoms with van der Waals surface area (Å²) in [6.45, 7) is 5.86. The molecule has 0 aromatic heterocycles. The maximum Gasteiger partial charge on any atom is 0.335 e. The van der Waals surface area contributed by atoms with Gasteiger partial charge in [-0.25, -0.2) is 4.79 Å². The number of carboxylic acids is 1. The minimum atomic E-state index is -1.91. The summed E-state index contributed by atoms with van der Waals surface area (Å²) in [4.78, 5) is 51.0. The van der Waals surface area contributed by atoms with Gasteiger partial charge in [0.25, 0.3) is 0 Å². The molecule has 0 bridgehead atoms.